The minimum Gasteiger partial charge on any atom is -0.459 e. The van der Waals surface area contributed by atoms with Crippen LogP contribution in [-0.4, -0.2) is 0 Å². The summed E-state index contributed by atoms with van der Waals surface area (Å²) in [6.07, 6.45) is 0. The van der Waals surface area contributed by atoms with Crippen LogP contribution >= 0.6 is 15.9 Å². The van der Waals surface area contributed by atoms with Gasteiger partial charge in [-0.05, 0) is 43.2 Å². The van der Waals surface area contributed by atoms with Crippen molar-refractivity contribution >= 4 is 26.9 Å². The zero-order chi connectivity index (χ0) is 14.3. The molecule has 0 aliphatic carbocycles. The van der Waals surface area contributed by atoms with Crippen LogP contribution in [0, 0.1) is 13.8 Å². The number of nitrogens with two attached hydrogens (primary N) is 1. The zero-order valence-electron chi connectivity index (χ0n) is 11.5. The van der Waals surface area contributed by atoms with Gasteiger partial charge in [0, 0.05) is 15.4 Å². The summed E-state index contributed by atoms with van der Waals surface area (Å²) in [6.45, 7) is 4.13. The molecular formula is C17H16BrNO. The van der Waals surface area contributed by atoms with Crippen LogP contribution in [0.3, 0.4) is 0 Å². The third kappa shape index (κ3) is 2.28. The molecule has 1 heterocycles. The molecule has 1 unspecified atom stereocenters. The first-order valence-corrected chi connectivity index (χ1v) is 7.36. The van der Waals surface area contributed by atoms with Gasteiger partial charge >= 0.3 is 0 Å². The lowest BCUT2D eigenvalue weighted by molar-refractivity contribution is 0.521. The van der Waals surface area contributed by atoms with Crippen molar-refractivity contribution in [2.24, 2.45) is 5.73 Å². The lowest BCUT2D eigenvalue weighted by atomic mass is 10.0. The average Bonchev–Trinajstić information content (AvgIpc) is 2.75. The Morgan fingerprint density at radius 1 is 1.05 bits per heavy atom. The lowest BCUT2D eigenvalue weighted by Crippen LogP contribution is -2.11. The molecule has 0 amide bonds. The van der Waals surface area contributed by atoms with Gasteiger partial charge in [0.1, 0.15) is 11.3 Å². The van der Waals surface area contributed by atoms with Crippen LogP contribution in [0.4, 0.5) is 0 Å². The van der Waals surface area contributed by atoms with Crippen molar-refractivity contribution in [2.75, 3.05) is 0 Å². The normalized spacial score (nSPS) is 12.8. The molecule has 0 saturated carbocycles. The van der Waals surface area contributed by atoms with Crippen LogP contribution in [0.2, 0.25) is 0 Å². The van der Waals surface area contributed by atoms with Crippen LogP contribution < -0.4 is 5.73 Å². The molecule has 0 radical (unpaired) electrons. The summed E-state index contributed by atoms with van der Waals surface area (Å²) in [5.74, 6) is 0.841. The predicted molar refractivity (Wildman–Crippen MR) is 85.9 cm³/mol. The summed E-state index contributed by atoms with van der Waals surface area (Å²) in [6, 6.07) is 14.0. The van der Waals surface area contributed by atoms with E-state index in [1.165, 1.54) is 5.56 Å². The minimum atomic E-state index is -0.240. The first-order valence-electron chi connectivity index (χ1n) is 6.57. The van der Waals surface area contributed by atoms with E-state index in [-0.39, 0.29) is 6.04 Å². The number of benzene rings is 2. The Hall–Kier alpha value is -1.58. The summed E-state index contributed by atoms with van der Waals surface area (Å²) in [5.41, 5.74) is 10.6. The van der Waals surface area contributed by atoms with E-state index >= 15 is 0 Å². The van der Waals surface area contributed by atoms with Crippen molar-refractivity contribution < 1.29 is 4.42 Å². The minimum absolute atomic E-state index is 0.240. The number of hydrogen-bond acceptors (Lipinski definition) is 2. The van der Waals surface area contributed by atoms with Gasteiger partial charge in [0.05, 0.1) is 6.04 Å². The van der Waals surface area contributed by atoms with E-state index in [0.29, 0.717) is 0 Å². The second-order valence-corrected chi connectivity index (χ2v) is 6.04. The maximum atomic E-state index is 6.36. The third-order valence-corrected chi connectivity index (χ3v) is 4.17. The van der Waals surface area contributed by atoms with E-state index in [0.717, 1.165) is 32.3 Å². The van der Waals surface area contributed by atoms with Crippen molar-refractivity contribution in [2.45, 2.75) is 19.9 Å². The molecule has 0 bridgehead atoms. The number of rotatable bonds is 2. The van der Waals surface area contributed by atoms with Gasteiger partial charge in [-0.1, -0.05) is 40.2 Å². The van der Waals surface area contributed by atoms with Crippen LogP contribution in [-0.2, 0) is 0 Å². The summed E-state index contributed by atoms with van der Waals surface area (Å²) in [5, 5.41) is 1.14. The van der Waals surface area contributed by atoms with Crippen molar-refractivity contribution in [1.82, 2.24) is 0 Å². The Morgan fingerprint density at radius 3 is 2.45 bits per heavy atom. The molecule has 2 N–H and O–H groups in total. The highest BCUT2D eigenvalue weighted by Crippen LogP contribution is 2.32. The quantitative estimate of drug-likeness (QED) is 0.729. The maximum Gasteiger partial charge on any atom is 0.134 e. The van der Waals surface area contributed by atoms with E-state index in [4.69, 9.17) is 10.2 Å². The SMILES string of the molecule is Cc1ccc2c(C)c(C(N)c3ccc(Br)cc3)oc2c1. The maximum absolute atomic E-state index is 6.36. The second-order valence-electron chi connectivity index (χ2n) is 5.12. The predicted octanol–water partition coefficient (Wildman–Crippen LogP) is 4.86. The highest BCUT2D eigenvalue weighted by atomic mass is 79.9. The fourth-order valence-electron chi connectivity index (χ4n) is 2.47. The van der Waals surface area contributed by atoms with Gasteiger partial charge in [-0.15, -0.1) is 0 Å². The fourth-order valence-corrected chi connectivity index (χ4v) is 2.73. The van der Waals surface area contributed by atoms with Crippen LogP contribution in [0.25, 0.3) is 11.0 Å². The Labute approximate surface area is 126 Å². The largest absolute Gasteiger partial charge is 0.459 e. The molecule has 3 aromatic rings. The first kappa shape index (κ1) is 13.4. The van der Waals surface area contributed by atoms with Gasteiger partial charge in [0.25, 0.3) is 0 Å². The molecule has 102 valence electrons. The molecule has 2 aromatic carbocycles. The summed E-state index contributed by atoms with van der Waals surface area (Å²) in [7, 11) is 0. The van der Waals surface area contributed by atoms with Gasteiger partial charge in [-0.2, -0.15) is 0 Å². The summed E-state index contributed by atoms with van der Waals surface area (Å²) in [4.78, 5) is 0. The van der Waals surface area contributed by atoms with E-state index in [9.17, 15) is 0 Å². The highest BCUT2D eigenvalue weighted by molar-refractivity contribution is 9.10. The molecule has 0 aliphatic heterocycles. The fraction of sp³-hybridized carbons (Fsp3) is 0.176. The van der Waals surface area contributed by atoms with E-state index in [1.807, 2.05) is 24.3 Å². The number of aryl methyl sites for hydroxylation is 2. The Bertz CT molecular complexity index is 759. The number of halogens is 1. The molecular weight excluding hydrogens is 314 g/mol. The zero-order valence-corrected chi connectivity index (χ0v) is 13.1. The molecule has 1 aromatic heterocycles. The molecule has 0 saturated heterocycles. The number of furan rings is 1. The van der Waals surface area contributed by atoms with Gasteiger partial charge in [-0.25, -0.2) is 0 Å². The van der Waals surface area contributed by atoms with Gasteiger partial charge < -0.3 is 10.2 Å². The monoisotopic (exact) mass is 329 g/mol. The van der Waals surface area contributed by atoms with E-state index in [1.54, 1.807) is 0 Å². The smallest absolute Gasteiger partial charge is 0.134 e. The number of fused-ring (bicyclic) bond motifs is 1. The molecule has 0 fully saturated rings. The standard InChI is InChI=1S/C17H16BrNO/c1-10-3-8-14-11(2)17(20-15(14)9-10)16(19)12-4-6-13(18)7-5-12/h3-9,16H,19H2,1-2H3. The van der Waals surface area contributed by atoms with Gasteiger partial charge in [0.2, 0.25) is 0 Å². The van der Waals surface area contributed by atoms with Crippen molar-refractivity contribution in [3.8, 4) is 0 Å². The molecule has 20 heavy (non-hydrogen) atoms. The lowest BCUT2D eigenvalue weighted by Gasteiger charge is -2.10. The average molecular weight is 330 g/mol. The van der Waals surface area contributed by atoms with Crippen LogP contribution in [0.1, 0.15) is 28.5 Å². The molecule has 3 heteroatoms. The Kier molecular flexibility index (Phi) is 3.40. The summed E-state index contributed by atoms with van der Waals surface area (Å²) < 4.78 is 7.04. The number of hydrogen-bond donors (Lipinski definition) is 1. The molecule has 1 atom stereocenters. The molecule has 3 rings (SSSR count). The molecule has 0 spiro atoms. The van der Waals surface area contributed by atoms with E-state index < -0.39 is 0 Å². The van der Waals surface area contributed by atoms with Gasteiger partial charge in [-0.3, -0.25) is 0 Å². The van der Waals surface area contributed by atoms with Crippen LogP contribution in [0.5, 0.6) is 0 Å². The van der Waals surface area contributed by atoms with Crippen molar-refractivity contribution in [1.29, 1.82) is 0 Å². The van der Waals surface area contributed by atoms with E-state index in [2.05, 4.69) is 48.0 Å². The van der Waals surface area contributed by atoms with Crippen molar-refractivity contribution in [3.05, 3.63) is 69.4 Å². The highest BCUT2D eigenvalue weighted by Gasteiger charge is 2.18. The topological polar surface area (TPSA) is 39.2 Å². The third-order valence-electron chi connectivity index (χ3n) is 3.64. The second kappa shape index (κ2) is 5.08. The first-order chi connectivity index (χ1) is 9.56. The Morgan fingerprint density at radius 2 is 1.75 bits per heavy atom. The summed E-state index contributed by atoms with van der Waals surface area (Å²) >= 11 is 3.44. The molecule has 0 aliphatic rings. The molecule has 2 nitrogen and oxygen atoms in total. The van der Waals surface area contributed by atoms with Crippen molar-refractivity contribution in [3.63, 3.8) is 0 Å². The Balaban J connectivity index is 2.09. The van der Waals surface area contributed by atoms with Gasteiger partial charge in [0.15, 0.2) is 0 Å². The van der Waals surface area contributed by atoms with Crippen LogP contribution in [0.15, 0.2) is 51.4 Å².